The Hall–Kier alpha value is -3.30. The molecule has 10 nitrogen and oxygen atoms in total. The molecule has 3 rings (SSSR count). The van der Waals surface area contributed by atoms with E-state index in [0.717, 1.165) is 24.2 Å². The Balaban J connectivity index is 1.84. The molecule has 0 atom stereocenters. The van der Waals surface area contributed by atoms with Crippen molar-refractivity contribution in [3.8, 4) is 11.5 Å². The lowest BCUT2D eigenvalue weighted by atomic mass is 10.2. The van der Waals surface area contributed by atoms with Crippen molar-refractivity contribution in [1.29, 1.82) is 0 Å². The number of benzene rings is 1. The Labute approximate surface area is 181 Å². The molecule has 0 saturated carbocycles. The summed E-state index contributed by atoms with van der Waals surface area (Å²) in [4.78, 5) is 36.2. The lowest BCUT2D eigenvalue weighted by molar-refractivity contribution is -0.119. The quantitative estimate of drug-likeness (QED) is 0.763. The number of nitrogens with zero attached hydrogens (tertiary/aromatic N) is 4. The van der Waals surface area contributed by atoms with E-state index in [4.69, 9.17) is 19.9 Å². The van der Waals surface area contributed by atoms with E-state index in [1.165, 1.54) is 13.4 Å². The number of nitrogens with two attached hydrogens (primary N) is 1. The number of anilines is 1. The number of carbonyl (C=O) groups is 2. The number of amides is 2. The summed E-state index contributed by atoms with van der Waals surface area (Å²) < 4.78 is 16.4. The monoisotopic (exact) mass is 431 g/mol. The van der Waals surface area contributed by atoms with Crippen LogP contribution in [0.25, 0.3) is 10.9 Å². The van der Waals surface area contributed by atoms with Crippen molar-refractivity contribution in [2.24, 2.45) is 5.73 Å². The van der Waals surface area contributed by atoms with E-state index < -0.39 is 11.5 Å². The van der Waals surface area contributed by atoms with E-state index >= 15 is 0 Å². The van der Waals surface area contributed by atoms with E-state index in [2.05, 4.69) is 14.9 Å². The van der Waals surface area contributed by atoms with Gasteiger partial charge >= 0.3 is 6.09 Å². The van der Waals surface area contributed by atoms with Crippen molar-refractivity contribution in [3.05, 3.63) is 18.5 Å². The topological polar surface area (TPSA) is 120 Å². The van der Waals surface area contributed by atoms with Crippen molar-refractivity contribution >= 4 is 28.7 Å². The summed E-state index contributed by atoms with van der Waals surface area (Å²) in [6.07, 6.45) is 1.96. The summed E-state index contributed by atoms with van der Waals surface area (Å²) in [7, 11) is 1.52. The highest BCUT2D eigenvalue weighted by Gasteiger charge is 2.25. The van der Waals surface area contributed by atoms with Crippen molar-refractivity contribution in [2.75, 3.05) is 44.8 Å². The summed E-state index contributed by atoms with van der Waals surface area (Å²) in [6, 6.07) is 3.49. The van der Waals surface area contributed by atoms with Crippen LogP contribution in [0.1, 0.15) is 27.2 Å². The van der Waals surface area contributed by atoms with Crippen LogP contribution in [0.15, 0.2) is 18.5 Å². The van der Waals surface area contributed by atoms with Crippen LogP contribution in [-0.2, 0) is 9.53 Å². The van der Waals surface area contributed by atoms with E-state index in [1.54, 1.807) is 17.0 Å². The molecule has 1 aliphatic rings. The van der Waals surface area contributed by atoms with Gasteiger partial charge in [0, 0.05) is 37.6 Å². The molecule has 10 heteroatoms. The molecule has 2 aromatic rings. The van der Waals surface area contributed by atoms with Gasteiger partial charge in [-0.05, 0) is 33.3 Å². The highest BCUT2D eigenvalue weighted by atomic mass is 16.6. The Morgan fingerprint density at radius 2 is 1.87 bits per heavy atom. The first-order valence-electron chi connectivity index (χ1n) is 10.1. The van der Waals surface area contributed by atoms with Crippen molar-refractivity contribution in [1.82, 2.24) is 14.9 Å². The maximum atomic E-state index is 12.4. The summed E-state index contributed by atoms with van der Waals surface area (Å²) >= 11 is 0. The lowest BCUT2D eigenvalue weighted by Crippen LogP contribution is -2.39. The maximum Gasteiger partial charge on any atom is 0.410 e. The fourth-order valence-electron chi connectivity index (χ4n) is 3.36. The largest absolute Gasteiger partial charge is 0.493 e. The van der Waals surface area contributed by atoms with Crippen LogP contribution in [-0.4, -0.2) is 72.4 Å². The third kappa shape index (κ3) is 5.65. The predicted octanol–water partition coefficient (Wildman–Crippen LogP) is 1.95. The fraction of sp³-hybridized carbons (Fsp3) is 0.524. The molecule has 1 aromatic carbocycles. The second-order valence-corrected chi connectivity index (χ2v) is 8.28. The highest BCUT2D eigenvalue weighted by molar-refractivity contribution is 5.92. The minimum atomic E-state index is -0.579. The van der Waals surface area contributed by atoms with Gasteiger partial charge in [-0.25, -0.2) is 14.8 Å². The Bertz CT molecular complexity index is 959. The molecule has 1 saturated heterocycles. The first-order chi connectivity index (χ1) is 14.7. The molecule has 2 amide bonds. The highest BCUT2D eigenvalue weighted by Crippen LogP contribution is 2.35. The number of carbonyl (C=O) groups excluding carboxylic acids is 2. The van der Waals surface area contributed by atoms with Gasteiger partial charge in [0.15, 0.2) is 18.1 Å². The van der Waals surface area contributed by atoms with Crippen LogP contribution in [0, 0.1) is 0 Å². The van der Waals surface area contributed by atoms with Gasteiger partial charge in [0.1, 0.15) is 17.7 Å². The molecule has 168 valence electrons. The number of ether oxygens (including phenoxy) is 3. The molecule has 2 N–H and O–H groups in total. The van der Waals surface area contributed by atoms with Crippen LogP contribution in [0.4, 0.5) is 10.6 Å². The summed E-state index contributed by atoms with van der Waals surface area (Å²) in [5, 5.41) is 0.788. The van der Waals surface area contributed by atoms with E-state index in [0.29, 0.717) is 36.6 Å². The van der Waals surface area contributed by atoms with Crippen LogP contribution in [0.5, 0.6) is 11.5 Å². The Morgan fingerprint density at radius 1 is 1.10 bits per heavy atom. The minimum absolute atomic E-state index is 0.258. The zero-order chi connectivity index (χ0) is 22.6. The zero-order valence-electron chi connectivity index (χ0n) is 18.4. The van der Waals surface area contributed by atoms with Gasteiger partial charge in [0.05, 0.1) is 12.6 Å². The number of aromatic nitrogens is 2. The zero-order valence-corrected chi connectivity index (χ0v) is 18.4. The maximum absolute atomic E-state index is 12.4. The van der Waals surface area contributed by atoms with E-state index in [1.807, 2.05) is 20.8 Å². The first-order valence-corrected chi connectivity index (χ1v) is 10.1. The molecule has 2 heterocycles. The standard InChI is InChI=1S/C21H29N5O5/c1-21(2,3)31-20(28)26-7-5-6-25(8-9-26)19-14-10-16(29-4)17(30-12-18(22)27)11-15(14)23-13-24-19/h10-11,13H,5-9,12H2,1-4H3,(H2,22,27). The van der Waals surface area contributed by atoms with Gasteiger partial charge in [-0.2, -0.15) is 0 Å². The molecule has 0 unspecified atom stereocenters. The first kappa shape index (κ1) is 22.4. The molecule has 0 aliphatic carbocycles. The number of hydrogen-bond acceptors (Lipinski definition) is 8. The van der Waals surface area contributed by atoms with Gasteiger partial charge in [-0.1, -0.05) is 0 Å². The summed E-state index contributed by atoms with van der Waals surface area (Å²) in [6.45, 7) is 7.79. The van der Waals surface area contributed by atoms with Crippen molar-refractivity contribution in [2.45, 2.75) is 32.8 Å². The SMILES string of the molecule is COc1cc2c(N3CCCN(C(=O)OC(C)(C)C)CC3)ncnc2cc1OCC(N)=O. The number of hydrogen-bond donors (Lipinski definition) is 1. The predicted molar refractivity (Wildman–Crippen MR) is 115 cm³/mol. The second-order valence-electron chi connectivity index (χ2n) is 8.28. The third-order valence-corrected chi connectivity index (χ3v) is 4.72. The average Bonchev–Trinajstić information content (AvgIpc) is 2.96. The van der Waals surface area contributed by atoms with Crippen LogP contribution in [0.3, 0.4) is 0 Å². The van der Waals surface area contributed by atoms with Crippen molar-refractivity contribution in [3.63, 3.8) is 0 Å². The van der Waals surface area contributed by atoms with Gasteiger partial charge in [0.25, 0.3) is 5.91 Å². The number of fused-ring (bicyclic) bond motifs is 1. The molecular formula is C21H29N5O5. The smallest absolute Gasteiger partial charge is 0.410 e. The normalized spacial score (nSPS) is 14.8. The summed E-state index contributed by atoms with van der Waals surface area (Å²) in [5.74, 6) is 1.00. The van der Waals surface area contributed by atoms with Crippen LogP contribution >= 0.6 is 0 Å². The average molecular weight is 431 g/mol. The van der Waals surface area contributed by atoms with E-state index in [-0.39, 0.29) is 12.7 Å². The van der Waals surface area contributed by atoms with Crippen LogP contribution < -0.4 is 20.1 Å². The molecule has 0 spiro atoms. The molecule has 1 aromatic heterocycles. The third-order valence-electron chi connectivity index (χ3n) is 4.72. The lowest BCUT2D eigenvalue weighted by Gasteiger charge is -2.27. The van der Waals surface area contributed by atoms with Gasteiger partial charge in [-0.15, -0.1) is 0 Å². The molecule has 1 fully saturated rings. The number of methoxy groups -OCH3 is 1. The molecular weight excluding hydrogens is 402 g/mol. The molecule has 0 bridgehead atoms. The minimum Gasteiger partial charge on any atom is -0.493 e. The van der Waals surface area contributed by atoms with Gasteiger partial charge < -0.3 is 29.7 Å². The van der Waals surface area contributed by atoms with Crippen LogP contribution in [0.2, 0.25) is 0 Å². The Kier molecular flexibility index (Phi) is 6.67. The van der Waals surface area contributed by atoms with Gasteiger partial charge in [-0.3, -0.25) is 4.79 Å². The van der Waals surface area contributed by atoms with Crippen molar-refractivity contribution < 1.29 is 23.8 Å². The van der Waals surface area contributed by atoms with E-state index in [9.17, 15) is 9.59 Å². The fourth-order valence-corrected chi connectivity index (χ4v) is 3.36. The molecule has 1 aliphatic heterocycles. The molecule has 31 heavy (non-hydrogen) atoms. The number of primary amides is 1. The van der Waals surface area contributed by atoms with Gasteiger partial charge in [0.2, 0.25) is 0 Å². The molecule has 0 radical (unpaired) electrons. The second kappa shape index (κ2) is 9.23. The number of rotatable bonds is 5. The summed E-state index contributed by atoms with van der Waals surface area (Å²) in [5.41, 5.74) is 5.29. The Morgan fingerprint density at radius 3 is 2.55 bits per heavy atom.